The Hall–Kier alpha value is 0.550. The summed E-state index contributed by atoms with van der Waals surface area (Å²) in [5.41, 5.74) is 4.89. The van der Waals surface area contributed by atoms with Gasteiger partial charge in [-0.1, -0.05) is 15.9 Å². The van der Waals surface area contributed by atoms with E-state index in [4.69, 9.17) is 0 Å². The van der Waals surface area contributed by atoms with E-state index in [1.165, 1.54) is 0 Å². The zero-order valence-corrected chi connectivity index (χ0v) is 10.4. The highest BCUT2D eigenvalue weighted by Crippen LogP contribution is 2.16. The third-order valence-corrected chi connectivity index (χ3v) is 2.21. The zero-order valence-electron chi connectivity index (χ0n) is 5.65. The number of hydrogen-bond acceptors (Lipinski definition) is 1. The molecule has 0 aliphatic rings. The third kappa shape index (κ3) is 3.19. The van der Waals surface area contributed by atoms with Gasteiger partial charge in [-0.25, -0.2) is 4.98 Å². The summed E-state index contributed by atoms with van der Waals surface area (Å²) in [7, 11) is 0. The Balaban J connectivity index is 0.000001000. The molecule has 1 aromatic heterocycles. The summed E-state index contributed by atoms with van der Waals surface area (Å²) in [6.45, 7) is 0. The second-order valence-corrected chi connectivity index (χ2v) is 3.37. The lowest BCUT2D eigenvalue weighted by Crippen LogP contribution is -3.00. The molecule has 0 saturated carbocycles. The summed E-state index contributed by atoms with van der Waals surface area (Å²) in [5.74, 6) is 0.833. The van der Waals surface area contributed by atoms with Gasteiger partial charge in [0, 0.05) is 21.6 Å². The van der Waals surface area contributed by atoms with E-state index in [0.29, 0.717) is 0 Å². The van der Waals surface area contributed by atoms with E-state index >= 15 is 0 Å². The SMILES string of the molecule is [Br-].[NH3+]c1ncc(Br)cc1CBr. The molecule has 1 heterocycles. The molecule has 11 heavy (non-hydrogen) atoms. The van der Waals surface area contributed by atoms with Gasteiger partial charge in [0.05, 0.1) is 0 Å². The molecule has 2 nitrogen and oxygen atoms in total. The topological polar surface area (TPSA) is 40.5 Å². The lowest BCUT2D eigenvalue weighted by atomic mass is 10.3. The van der Waals surface area contributed by atoms with Gasteiger partial charge in [-0.2, -0.15) is 0 Å². The number of aromatic nitrogens is 1. The number of nitrogens with zero attached hydrogens (tertiary/aromatic N) is 1. The molecule has 0 bridgehead atoms. The minimum absolute atomic E-state index is 0. The van der Waals surface area contributed by atoms with Crippen molar-refractivity contribution in [1.29, 1.82) is 0 Å². The van der Waals surface area contributed by atoms with Gasteiger partial charge in [0.1, 0.15) is 0 Å². The van der Waals surface area contributed by atoms with Gasteiger partial charge in [0.25, 0.3) is 0 Å². The summed E-state index contributed by atoms with van der Waals surface area (Å²) in [6.07, 6.45) is 1.74. The number of alkyl halides is 1. The van der Waals surface area contributed by atoms with Crippen LogP contribution >= 0.6 is 31.9 Å². The highest BCUT2D eigenvalue weighted by molar-refractivity contribution is 9.10. The van der Waals surface area contributed by atoms with Gasteiger partial charge in [0.2, 0.25) is 5.82 Å². The minimum atomic E-state index is 0. The first-order chi connectivity index (χ1) is 4.74. The van der Waals surface area contributed by atoms with Crippen LogP contribution < -0.4 is 22.7 Å². The van der Waals surface area contributed by atoms with E-state index in [2.05, 4.69) is 42.6 Å². The molecule has 0 spiro atoms. The van der Waals surface area contributed by atoms with Crippen LogP contribution in [0, 0.1) is 0 Å². The van der Waals surface area contributed by atoms with Crippen LogP contribution in [0.1, 0.15) is 5.56 Å². The van der Waals surface area contributed by atoms with E-state index in [-0.39, 0.29) is 17.0 Å². The van der Waals surface area contributed by atoms with Crippen molar-refractivity contribution in [3.8, 4) is 0 Å². The van der Waals surface area contributed by atoms with Crippen molar-refractivity contribution in [1.82, 2.24) is 4.98 Å². The molecule has 0 amide bonds. The second-order valence-electron chi connectivity index (χ2n) is 1.89. The second kappa shape index (κ2) is 5.24. The average Bonchev–Trinajstić information content (AvgIpc) is 1.94. The fraction of sp³-hybridized carbons (Fsp3) is 0.167. The molecule has 0 radical (unpaired) electrons. The van der Waals surface area contributed by atoms with E-state index in [9.17, 15) is 0 Å². The molecule has 1 rings (SSSR count). The number of hydrogen-bond donors (Lipinski definition) is 1. The standard InChI is InChI=1S/C6H6Br2N2.BrH/c7-2-4-1-5(8)3-10-6(4)9;/h1,3H,2H2,(H2,9,10);1H. The van der Waals surface area contributed by atoms with Crippen LogP contribution in [-0.4, -0.2) is 4.98 Å². The molecule has 0 aliphatic carbocycles. The smallest absolute Gasteiger partial charge is 0.226 e. The molecule has 0 fully saturated rings. The molecule has 1 aromatic rings. The molecule has 5 heteroatoms. The van der Waals surface area contributed by atoms with Crippen molar-refractivity contribution in [2.24, 2.45) is 0 Å². The number of halogens is 3. The van der Waals surface area contributed by atoms with Gasteiger partial charge in [0.15, 0.2) is 0 Å². The molecule has 0 atom stereocenters. The van der Waals surface area contributed by atoms with Crippen molar-refractivity contribution in [2.45, 2.75) is 5.33 Å². The quantitative estimate of drug-likeness (QED) is 0.625. The Bertz CT molecular complexity index is 239. The van der Waals surface area contributed by atoms with Crippen molar-refractivity contribution in [3.63, 3.8) is 0 Å². The van der Waals surface area contributed by atoms with Crippen LogP contribution in [0.15, 0.2) is 16.7 Å². The first-order valence-electron chi connectivity index (χ1n) is 2.76. The molecule has 0 aromatic carbocycles. The lowest BCUT2D eigenvalue weighted by molar-refractivity contribution is -0.261. The summed E-state index contributed by atoms with van der Waals surface area (Å²) < 4.78 is 0.995. The Morgan fingerprint density at radius 2 is 2.18 bits per heavy atom. The van der Waals surface area contributed by atoms with Gasteiger partial charge < -0.3 is 22.7 Å². The fourth-order valence-electron chi connectivity index (χ4n) is 0.625. The van der Waals surface area contributed by atoms with Gasteiger partial charge in [-0.15, -0.1) is 0 Å². The van der Waals surface area contributed by atoms with Crippen LogP contribution in [0.5, 0.6) is 0 Å². The maximum Gasteiger partial charge on any atom is 0.226 e. The van der Waals surface area contributed by atoms with Gasteiger partial charge in [-0.3, -0.25) is 0 Å². The maximum absolute atomic E-state index is 4.06. The van der Waals surface area contributed by atoms with E-state index in [1.54, 1.807) is 6.20 Å². The molecule has 62 valence electrons. The summed E-state index contributed by atoms with van der Waals surface area (Å²) in [6, 6.07) is 2.00. The Morgan fingerprint density at radius 1 is 1.55 bits per heavy atom. The largest absolute Gasteiger partial charge is 1.00 e. The molecular weight excluding hydrogens is 340 g/mol. The van der Waals surface area contributed by atoms with Gasteiger partial charge >= 0.3 is 0 Å². The molecular formula is C6H7Br3N2. The first-order valence-corrected chi connectivity index (χ1v) is 4.68. The van der Waals surface area contributed by atoms with Crippen molar-refractivity contribution in [2.75, 3.05) is 0 Å². The number of rotatable bonds is 1. The molecule has 0 aliphatic heterocycles. The van der Waals surface area contributed by atoms with Crippen molar-refractivity contribution < 1.29 is 22.7 Å². The highest BCUT2D eigenvalue weighted by atomic mass is 79.9. The minimum Gasteiger partial charge on any atom is -1.00 e. The highest BCUT2D eigenvalue weighted by Gasteiger charge is 2.01. The predicted molar refractivity (Wildman–Crippen MR) is 47.1 cm³/mol. The normalized spacial score (nSPS) is 9.00. The number of quaternary nitrogens is 1. The van der Waals surface area contributed by atoms with E-state index in [1.807, 2.05) is 6.07 Å². The van der Waals surface area contributed by atoms with Crippen molar-refractivity contribution in [3.05, 3.63) is 22.3 Å². The zero-order chi connectivity index (χ0) is 7.56. The lowest BCUT2D eigenvalue weighted by Gasteiger charge is -1.95. The summed E-state index contributed by atoms with van der Waals surface area (Å²) in [5, 5.41) is 0.804. The maximum atomic E-state index is 4.06. The van der Waals surface area contributed by atoms with Crippen LogP contribution in [0.4, 0.5) is 5.82 Å². The van der Waals surface area contributed by atoms with Gasteiger partial charge in [-0.05, 0) is 22.0 Å². The Labute approximate surface area is 92.6 Å². The number of pyridine rings is 1. The Morgan fingerprint density at radius 3 is 2.64 bits per heavy atom. The van der Waals surface area contributed by atoms with Crippen molar-refractivity contribution >= 4 is 37.7 Å². The van der Waals surface area contributed by atoms with Crippen LogP contribution in [0.2, 0.25) is 0 Å². The third-order valence-electron chi connectivity index (χ3n) is 1.17. The summed E-state index contributed by atoms with van der Waals surface area (Å²) in [4.78, 5) is 4.06. The van der Waals surface area contributed by atoms with Crippen LogP contribution in [0.25, 0.3) is 0 Å². The predicted octanol–water partition coefficient (Wildman–Crippen LogP) is -1.38. The Kier molecular flexibility index (Phi) is 5.50. The van der Waals surface area contributed by atoms with E-state index < -0.39 is 0 Å². The molecule has 0 saturated heterocycles. The fourth-order valence-corrected chi connectivity index (χ4v) is 1.49. The average molecular weight is 347 g/mol. The van der Waals surface area contributed by atoms with Crippen LogP contribution in [-0.2, 0) is 5.33 Å². The van der Waals surface area contributed by atoms with Crippen LogP contribution in [0.3, 0.4) is 0 Å². The monoisotopic (exact) mass is 344 g/mol. The first kappa shape index (κ1) is 11.6. The van der Waals surface area contributed by atoms with E-state index in [0.717, 1.165) is 21.2 Å². The molecule has 0 unspecified atom stereocenters. The molecule has 3 N–H and O–H groups in total. The summed E-state index contributed by atoms with van der Waals surface area (Å²) >= 11 is 6.67.